The largest absolute Gasteiger partial charge is 0.393 e. The molecule has 3 rings (SSSR count). The van der Waals surface area contributed by atoms with Gasteiger partial charge in [0.1, 0.15) is 0 Å². The summed E-state index contributed by atoms with van der Waals surface area (Å²) in [4.78, 5) is 17.2. The molecular weight excluding hydrogens is 252 g/mol. The fraction of sp³-hybridized carbons (Fsp3) is 0.438. The second kappa shape index (κ2) is 5.29. The first-order valence-electron chi connectivity index (χ1n) is 7.10. The van der Waals surface area contributed by atoms with Gasteiger partial charge in [0, 0.05) is 30.7 Å². The molecule has 1 aliphatic carbocycles. The number of carbonyl (C=O) groups is 1. The van der Waals surface area contributed by atoms with Crippen LogP contribution in [0.15, 0.2) is 30.5 Å². The number of para-hydroxylation sites is 1. The van der Waals surface area contributed by atoms with Crippen LogP contribution in [0.4, 0.5) is 0 Å². The Balaban J connectivity index is 1.63. The van der Waals surface area contributed by atoms with Gasteiger partial charge in [-0.3, -0.25) is 4.79 Å². The minimum Gasteiger partial charge on any atom is -0.393 e. The Bertz CT molecular complexity index is 614. The van der Waals surface area contributed by atoms with Crippen molar-refractivity contribution in [3.8, 4) is 0 Å². The van der Waals surface area contributed by atoms with Crippen LogP contribution in [-0.4, -0.2) is 40.6 Å². The molecule has 1 amide bonds. The van der Waals surface area contributed by atoms with Crippen LogP contribution in [0.3, 0.4) is 0 Å². The first kappa shape index (κ1) is 13.2. The molecule has 1 fully saturated rings. The zero-order chi connectivity index (χ0) is 14.1. The van der Waals surface area contributed by atoms with Crippen molar-refractivity contribution in [2.24, 2.45) is 5.92 Å². The number of hydrogen-bond donors (Lipinski definition) is 2. The highest BCUT2D eigenvalue weighted by atomic mass is 16.3. The first-order chi connectivity index (χ1) is 9.63. The molecule has 1 aromatic carbocycles. The third-order valence-electron chi connectivity index (χ3n) is 4.19. The van der Waals surface area contributed by atoms with E-state index in [0.717, 1.165) is 35.9 Å². The Morgan fingerprint density at radius 3 is 2.90 bits per heavy atom. The molecule has 0 aliphatic heterocycles. The molecule has 0 bridgehead atoms. The van der Waals surface area contributed by atoms with Crippen molar-refractivity contribution in [3.63, 3.8) is 0 Å². The molecule has 4 nitrogen and oxygen atoms in total. The number of fused-ring (bicyclic) bond motifs is 1. The van der Waals surface area contributed by atoms with Crippen LogP contribution in [0.25, 0.3) is 10.9 Å². The molecular formula is C16H20N2O2. The number of aliphatic hydroxyl groups excluding tert-OH is 1. The number of likely N-dealkylation sites (N-methyl/N-ethyl adjacent to an activating group) is 1. The number of nitrogens with one attached hydrogen (secondary N) is 1. The van der Waals surface area contributed by atoms with E-state index in [1.54, 1.807) is 4.90 Å². The van der Waals surface area contributed by atoms with Gasteiger partial charge in [0.15, 0.2) is 0 Å². The van der Waals surface area contributed by atoms with Crippen molar-refractivity contribution >= 4 is 16.8 Å². The summed E-state index contributed by atoms with van der Waals surface area (Å²) in [5, 5.41) is 10.4. The number of nitrogens with zero attached hydrogens (tertiary/aromatic N) is 1. The summed E-state index contributed by atoms with van der Waals surface area (Å²) in [6, 6.07) is 8.03. The van der Waals surface area contributed by atoms with Gasteiger partial charge in [-0.15, -0.1) is 0 Å². The fourth-order valence-corrected chi connectivity index (χ4v) is 2.91. The normalized spacial score (nSPS) is 21.7. The standard InChI is InChI=1S/C16H20N2O2/c1-18(10-11-6-13(19)7-11)16(20)8-12-9-17-15-5-3-2-4-14(12)15/h2-5,9,11,13,17,19H,6-8,10H2,1H3. The molecule has 106 valence electrons. The van der Waals surface area contributed by atoms with E-state index in [9.17, 15) is 9.90 Å². The molecule has 0 radical (unpaired) electrons. The van der Waals surface area contributed by atoms with Crippen LogP contribution in [0.1, 0.15) is 18.4 Å². The molecule has 1 aliphatic rings. The van der Waals surface area contributed by atoms with E-state index in [1.807, 2.05) is 37.5 Å². The van der Waals surface area contributed by atoms with Gasteiger partial charge >= 0.3 is 0 Å². The average molecular weight is 272 g/mol. The van der Waals surface area contributed by atoms with Gasteiger partial charge in [-0.1, -0.05) is 18.2 Å². The maximum atomic E-state index is 12.3. The predicted molar refractivity (Wildman–Crippen MR) is 78.4 cm³/mol. The van der Waals surface area contributed by atoms with Gasteiger partial charge in [-0.2, -0.15) is 0 Å². The Hall–Kier alpha value is -1.81. The number of aromatic nitrogens is 1. The van der Waals surface area contributed by atoms with Crippen molar-refractivity contribution < 1.29 is 9.90 Å². The van der Waals surface area contributed by atoms with Gasteiger partial charge in [-0.05, 0) is 30.4 Å². The van der Waals surface area contributed by atoms with Crippen LogP contribution in [0.5, 0.6) is 0 Å². The second-order valence-corrected chi connectivity index (χ2v) is 5.80. The maximum absolute atomic E-state index is 12.3. The van der Waals surface area contributed by atoms with Gasteiger partial charge in [0.05, 0.1) is 12.5 Å². The summed E-state index contributed by atoms with van der Waals surface area (Å²) in [7, 11) is 1.85. The molecule has 0 atom stereocenters. The number of benzene rings is 1. The molecule has 2 N–H and O–H groups in total. The second-order valence-electron chi connectivity index (χ2n) is 5.80. The van der Waals surface area contributed by atoms with E-state index in [4.69, 9.17) is 0 Å². The third-order valence-corrected chi connectivity index (χ3v) is 4.19. The van der Waals surface area contributed by atoms with Gasteiger partial charge in [0.2, 0.25) is 5.91 Å². The number of aromatic amines is 1. The summed E-state index contributed by atoms with van der Waals surface area (Å²) >= 11 is 0. The van der Waals surface area contributed by atoms with Gasteiger partial charge in [-0.25, -0.2) is 0 Å². The quantitative estimate of drug-likeness (QED) is 0.893. The number of rotatable bonds is 4. The number of aliphatic hydroxyl groups is 1. The zero-order valence-corrected chi connectivity index (χ0v) is 11.7. The lowest BCUT2D eigenvalue weighted by atomic mass is 9.82. The summed E-state index contributed by atoms with van der Waals surface area (Å²) < 4.78 is 0. The van der Waals surface area contributed by atoms with Crippen LogP contribution < -0.4 is 0 Å². The maximum Gasteiger partial charge on any atom is 0.226 e. The SMILES string of the molecule is CN(CC1CC(O)C1)C(=O)Cc1c[nH]c2ccccc12. The number of H-pyrrole nitrogens is 1. The molecule has 4 heteroatoms. The lowest BCUT2D eigenvalue weighted by molar-refractivity contribution is -0.130. The summed E-state index contributed by atoms with van der Waals surface area (Å²) in [5.74, 6) is 0.595. The van der Waals surface area contributed by atoms with E-state index in [2.05, 4.69) is 4.98 Å². The van der Waals surface area contributed by atoms with Crippen LogP contribution in [0, 0.1) is 5.92 Å². The molecule has 2 aromatic rings. The minimum absolute atomic E-state index is 0.135. The van der Waals surface area contributed by atoms with Crippen molar-refractivity contribution in [1.82, 2.24) is 9.88 Å². The fourth-order valence-electron chi connectivity index (χ4n) is 2.91. The van der Waals surface area contributed by atoms with Crippen LogP contribution >= 0.6 is 0 Å². The molecule has 1 heterocycles. The molecule has 1 aromatic heterocycles. The molecule has 0 spiro atoms. The van der Waals surface area contributed by atoms with Gasteiger partial charge in [0.25, 0.3) is 0 Å². The highest BCUT2D eigenvalue weighted by Crippen LogP contribution is 2.27. The Morgan fingerprint density at radius 1 is 1.40 bits per heavy atom. The Labute approximate surface area is 118 Å². The first-order valence-corrected chi connectivity index (χ1v) is 7.10. The average Bonchev–Trinajstić information content (AvgIpc) is 2.80. The Kier molecular flexibility index (Phi) is 3.49. The van der Waals surface area contributed by atoms with E-state index < -0.39 is 0 Å². The monoisotopic (exact) mass is 272 g/mol. The molecule has 0 unspecified atom stereocenters. The minimum atomic E-state index is -0.155. The van der Waals surface area contributed by atoms with Crippen molar-refractivity contribution in [1.29, 1.82) is 0 Å². The van der Waals surface area contributed by atoms with E-state index >= 15 is 0 Å². The third kappa shape index (κ3) is 2.56. The smallest absolute Gasteiger partial charge is 0.226 e. The van der Waals surface area contributed by atoms with Crippen LogP contribution in [0.2, 0.25) is 0 Å². The number of carbonyl (C=O) groups excluding carboxylic acids is 1. The van der Waals surface area contributed by atoms with Crippen molar-refractivity contribution in [2.75, 3.05) is 13.6 Å². The summed E-state index contributed by atoms with van der Waals surface area (Å²) in [6.45, 7) is 0.748. The molecule has 1 saturated carbocycles. The summed E-state index contributed by atoms with van der Waals surface area (Å²) in [6.07, 6.45) is 3.84. The lowest BCUT2D eigenvalue weighted by Crippen LogP contribution is -2.40. The predicted octanol–water partition coefficient (Wildman–Crippen LogP) is 1.94. The van der Waals surface area contributed by atoms with E-state index in [1.165, 1.54) is 0 Å². The summed E-state index contributed by atoms with van der Waals surface area (Å²) in [5.41, 5.74) is 2.12. The van der Waals surface area contributed by atoms with E-state index in [0.29, 0.717) is 12.3 Å². The number of amides is 1. The van der Waals surface area contributed by atoms with Crippen molar-refractivity contribution in [3.05, 3.63) is 36.0 Å². The number of hydrogen-bond acceptors (Lipinski definition) is 2. The zero-order valence-electron chi connectivity index (χ0n) is 11.7. The molecule has 20 heavy (non-hydrogen) atoms. The van der Waals surface area contributed by atoms with Crippen molar-refractivity contribution in [2.45, 2.75) is 25.4 Å². The molecule has 0 saturated heterocycles. The lowest BCUT2D eigenvalue weighted by Gasteiger charge is -2.34. The van der Waals surface area contributed by atoms with Crippen LogP contribution in [-0.2, 0) is 11.2 Å². The highest BCUT2D eigenvalue weighted by molar-refractivity contribution is 5.88. The topological polar surface area (TPSA) is 56.3 Å². The Morgan fingerprint density at radius 2 is 2.15 bits per heavy atom. The van der Waals surface area contributed by atoms with E-state index in [-0.39, 0.29) is 12.0 Å². The highest BCUT2D eigenvalue weighted by Gasteiger charge is 2.29. The van der Waals surface area contributed by atoms with Gasteiger partial charge < -0.3 is 15.0 Å².